The highest BCUT2D eigenvalue weighted by Gasteiger charge is 2.15. The van der Waals surface area contributed by atoms with Crippen molar-refractivity contribution in [3.8, 4) is 5.75 Å². The van der Waals surface area contributed by atoms with Gasteiger partial charge in [0.2, 0.25) is 5.95 Å². The molecule has 3 rings (SSSR count). The van der Waals surface area contributed by atoms with Gasteiger partial charge in [-0.15, -0.1) is 0 Å². The smallest absolute Gasteiger partial charge is 0.254 e. The lowest BCUT2D eigenvalue weighted by Gasteiger charge is -2.13. The minimum Gasteiger partial charge on any atom is -0.496 e. The van der Waals surface area contributed by atoms with E-state index in [2.05, 4.69) is 25.7 Å². The third-order valence-electron chi connectivity index (χ3n) is 3.74. The molecule has 0 fully saturated rings. The van der Waals surface area contributed by atoms with Crippen LogP contribution < -0.4 is 21.1 Å². The van der Waals surface area contributed by atoms with Crippen LogP contribution in [0.15, 0.2) is 36.8 Å². The zero-order valence-electron chi connectivity index (χ0n) is 14.7. The molecule has 0 radical (unpaired) electrons. The Kier molecular flexibility index (Phi) is 5.15. The first kappa shape index (κ1) is 18.1. The van der Waals surface area contributed by atoms with Crippen LogP contribution >= 0.6 is 0 Å². The fraction of sp³-hybridized carbons (Fsp3) is 0.176. The Morgan fingerprint density at radius 3 is 2.85 bits per heavy atom. The molecule has 0 aliphatic heterocycles. The van der Waals surface area contributed by atoms with Crippen molar-refractivity contribution in [3.05, 3.63) is 53.7 Å². The van der Waals surface area contributed by atoms with Crippen LogP contribution in [0.4, 0.5) is 21.8 Å². The number of aryl methyl sites for hydroxylation is 1. The van der Waals surface area contributed by atoms with E-state index in [1.807, 2.05) is 0 Å². The van der Waals surface area contributed by atoms with Gasteiger partial charge < -0.3 is 21.1 Å². The molecule has 0 atom stereocenters. The van der Waals surface area contributed by atoms with Gasteiger partial charge in [-0.25, -0.2) is 9.37 Å². The Morgan fingerprint density at radius 2 is 2.19 bits per heavy atom. The molecule has 0 aliphatic rings. The molecule has 1 aromatic carbocycles. The molecule has 4 N–H and O–H groups in total. The predicted octanol–water partition coefficient (Wildman–Crippen LogP) is 1.81. The minimum atomic E-state index is -0.703. The van der Waals surface area contributed by atoms with E-state index >= 15 is 0 Å². The number of benzene rings is 1. The number of aromatic nitrogens is 4. The number of primary amides is 1. The molecular formula is C17H18FN7O2. The molecule has 1 amide bonds. The van der Waals surface area contributed by atoms with Crippen LogP contribution in [0.1, 0.15) is 15.9 Å². The monoisotopic (exact) mass is 371 g/mol. The van der Waals surface area contributed by atoms with E-state index in [0.29, 0.717) is 17.0 Å². The van der Waals surface area contributed by atoms with E-state index in [9.17, 15) is 9.18 Å². The molecule has 0 saturated carbocycles. The number of nitrogens with one attached hydrogen (secondary N) is 2. The van der Waals surface area contributed by atoms with Crippen molar-refractivity contribution in [2.24, 2.45) is 12.8 Å². The largest absolute Gasteiger partial charge is 0.496 e. The summed E-state index contributed by atoms with van der Waals surface area (Å²) >= 11 is 0. The lowest BCUT2D eigenvalue weighted by molar-refractivity contribution is 0.100. The number of ether oxygens (including phenoxy) is 1. The third kappa shape index (κ3) is 4.11. The first-order valence-electron chi connectivity index (χ1n) is 7.95. The topological polar surface area (TPSA) is 120 Å². The zero-order chi connectivity index (χ0) is 19.4. The highest BCUT2D eigenvalue weighted by molar-refractivity contribution is 5.97. The summed E-state index contributed by atoms with van der Waals surface area (Å²) in [6.07, 6.45) is 4.64. The van der Waals surface area contributed by atoms with Gasteiger partial charge in [-0.1, -0.05) is 6.07 Å². The van der Waals surface area contributed by atoms with Gasteiger partial charge in [0, 0.05) is 31.5 Å². The average Bonchev–Trinajstić information content (AvgIpc) is 3.05. The average molecular weight is 371 g/mol. The van der Waals surface area contributed by atoms with E-state index in [0.717, 1.165) is 0 Å². The summed E-state index contributed by atoms with van der Waals surface area (Å²) in [4.78, 5) is 20.0. The Balaban J connectivity index is 1.86. The lowest BCUT2D eigenvalue weighted by atomic mass is 10.2. The van der Waals surface area contributed by atoms with E-state index in [4.69, 9.17) is 10.5 Å². The van der Waals surface area contributed by atoms with Gasteiger partial charge in [-0.05, 0) is 12.1 Å². The van der Waals surface area contributed by atoms with E-state index in [-0.39, 0.29) is 23.9 Å². The number of amides is 1. The molecule has 0 saturated heterocycles. The number of carbonyl (C=O) groups is 1. The zero-order valence-corrected chi connectivity index (χ0v) is 14.7. The summed E-state index contributed by atoms with van der Waals surface area (Å²) in [6.45, 7) is 0.0411. The first-order valence-corrected chi connectivity index (χ1v) is 7.95. The summed E-state index contributed by atoms with van der Waals surface area (Å²) in [6, 6.07) is 4.52. The lowest BCUT2D eigenvalue weighted by Crippen LogP contribution is -2.17. The molecule has 2 aromatic heterocycles. The number of nitrogens with two attached hydrogens (primary N) is 1. The van der Waals surface area contributed by atoms with Gasteiger partial charge in [0.05, 0.1) is 24.6 Å². The number of rotatable bonds is 7. The van der Waals surface area contributed by atoms with Crippen LogP contribution in [0.2, 0.25) is 0 Å². The van der Waals surface area contributed by atoms with Crippen LogP contribution in [-0.4, -0.2) is 32.8 Å². The quantitative estimate of drug-likeness (QED) is 0.579. The van der Waals surface area contributed by atoms with E-state index in [1.54, 1.807) is 36.3 Å². The second kappa shape index (κ2) is 7.68. The second-order valence-corrected chi connectivity index (χ2v) is 5.62. The number of methoxy groups -OCH3 is 1. The summed E-state index contributed by atoms with van der Waals surface area (Å²) in [5.74, 6) is -0.354. The van der Waals surface area contributed by atoms with Crippen LogP contribution in [0.3, 0.4) is 0 Å². The number of hydrogen-bond acceptors (Lipinski definition) is 7. The Labute approximate surface area is 154 Å². The fourth-order valence-electron chi connectivity index (χ4n) is 2.45. The molecule has 10 heteroatoms. The van der Waals surface area contributed by atoms with E-state index < -0.39 is 11.7 Å². The van der Waals surface area contributed by atoms with Gasteiger partial charge in [0.25, 0.3) is 5.91 Å². The highest BCUT2D eigenvalue weighted by Crippen LogP contribution is 2.23. The van der Waals surface area contributed by atoms with Gasteiger partial charge >= 0.3 is 0 Å². The molecule has 140 valence electrons. The van der Waals surface area contributed by atoms with Crippen molar-refractivity contribution in [3.63, 3.8) is 0 Å². The van der Waals surface area contributed by atoms with Gasteiger partial charge in [-0.3, -0.25) is 9.48 Å². The van der Waals surface area contributed by atoms with Gasteiger partial charge in [0.15, 0.2) is 0 Å². The number of anilines is 3. The normalized spacial score (nSPS) is 10.5. The molecule has 0 bridgehead atoms. The number of halogens is 1. The second-order valence-electron chi connectivity index (χ2n) is 5.62. The van der Waals surface area contributed by atoms with Crippen LogP contribution in [0.25, 0.3) is 0 Å². The Bertz CT molecular complexity index is 974. The van der Waals surface area contributed by atoms with Crippen molar-refractivity contribution in [1.82, 2.24) is 19.7 Å². The summed E-state index contributed by atoms with van der Waals surface area (Å²) in [5, 5.41) is 9.93. The minimum absolute atomic E-state index is 0.0411. The Morgan fingerprint density at radius 1 is 1.37 bits per heavy atom. The van der Waals surface area contributed by atoms with Crippen molar-refractivity contribution >= 4 is 23.4 Å². The predicted molar refractivity (Wildman–Crippen MR) is 97.3 cm³/mol. The molecular weight excluding hydrogens is 353 g/mol. The maximum atomic E-state index is 14.1. The number of nitrogens with zero attached hydrogens (tertiary/aromatic N) is 4. The maximum absolute atomic E-state index is 14.1. The van der Waals surface area contributed by atoms with Crippen molar-refractivity contribution < 1.29 is 13.9 Å². The van der Waals surface area contributed by atoms with Crippen molar-refractivity contribution in [1.29, 1.82) is 0 Å². The molecule has 3 aromatic rings. The van der Waals surface area contributed by atoms with Crippen molar-refractivity contribution in [2.75, 3.05) is 17.7 Å². The molecule has 2 heterocycles. The number of hydrogen-bond donors (Lipinski definition) is 3. The van der Waals surface area contributed by atoms with Gasteiger partial charge in [-0.2, -0.15) is 10.1 Å². The molecule has 0 aliphatic carbocycles. The maximum Gasteiger partial charge on any atom is 0.254 e. The van der Waals surface area contributed by atoms with Crippen LogP contribution in [0.5, 0.6) is 5.75 Å². The van der Waals surface area contributed by atoms with Crippen molar-refractivity contribution in [2.45, 2.75) is 6.54 Å². The fourth-order valence-corrected chi connectivity index (χ4v) is 2.45. The molecule has 0 spiro atoms. The van der Waals surface area contributed by atoms with Gasteiger partial charge in [0.1, 0.15) is 17.4 Å². The summed E-state index contributed by atoms with van der Waals surface area (Å²) in [7, 11) is 3.23. The number of carbonyl (C=O) groups excluding carboxylic acids is 1. The summed E-state index contributed by atoms with van der Waals surface area (Å²) < 4.78 is 20.9. The molecule has 9 nitrogen and oxygen atoms in total. The molecule has 27 heavy (non-hydrogen) atoms. The van der Waals surface area contributed by atoms with E-state index in [1.165, 1.54) is 19.4 Å². The molecule has 0 unspecified atom stereocenters. The SMILES string of the molecule is COc1cccc(F)c1CNc1nc(Nc2cnn(C)c2)ncc1C(N)=O. The first-order chi connectivity index (χ1) is 13.0. The Hall–Kier alpha value is -3.69. The van der Waals surface area contributed by atoms with Crippen LogP contribution in [-0.2, 0) is 13.6 Å². The highest BCUT2D eigenvalue weighted by atomic mass is 19.1. The third-order valence-corrected chi connectivity index (χ3v) is 3.74. The van der Waals surface area contributed by atoms with Crippen LogP contribution in [0, 0.1) is 5.82 Å². The summed E-state index contributed by atoms with van der Waals surface area (Å²) in [5.41, 5.74) is 6.44. The standard InChI is InChI=1S/C17H18FN7O2/c1-25-9-10(6-22-25)23-17-21-8-12(15(19)26)16(24-17)20-7-11-13(18)4-3-5-14(11)27-2/h3-6,8-9H,7H2,1-2H3,(H2,19,26)(H2,20,21,23,24).